The summed E-state index contributed by atoms with van der Waals surface area (Å²) in [5.41, 5.74) is 0. The SMILES string of the molecule is CCNC(=O)CN1CCC(Cn2ccnc2CC)CC1. The Balaban J connectivity index is 1.75. The van der Waals surface area contributed by atoms with E-state index in [0.29, 0.717) is 12.5 Å². The predicted octanol–water partition coefficient (Wildman–Crippen LogP) is 1.29. The summed E-state index contributed by atoms with van der Waals surface area (Å²) in [4.78, 5) is 18.2. The molecule has 112 valence electrons. The third kappa shape index (κ3) is 4.07. The van der Waals surface area contributed by atoms with E-state index in [-0.39, 0.29) is 5.91 Å². The third-order valence-corrected chi connectivity index (χ3v) is 4.02. The largest absolute Gasteiger partial charge is 0.355 e. The zero-order chi connectivity index (χ0) is 14.4. The lowest BCUT2D eigenvalue weighted by atomic mass is 9.96. The first kappa shape index (κ1) is 15.0. The fourth-order valence-electron chi connectivity index (χ4n) is 2.88. The summed E-state index contributed by atoms with van der Waals surface area (Å²) >= 11 is 0. The molecule has 20 heavy (non-hydrogen) atoms. The lowest BCUT2D eigenvalue weighted by Crippen LogP contribution is -2.42. The zero-order valence-electron chi connectivity index (χ0n) is 12.6. The van der Waals surface area contributed by atoms with Gasteiger partial charge in [-0.25, -0.2) is 4.98 Å². The highest BCUT2D eigenvalue weighted by Crippen LogP contribution is 2.19. The fraction of sp³-hybridized carbons (Fsp3) is 0.733. The van der Waals surface area contributed by atoms with Crippen LogP contribution >= 0.6 is 0 Å². The molecule has 1 aromatic heterocycles. The Hall–Kier alpha value is -1.36. The second kappa shape index (κ2) is 7.43. The van der Waals surface area contributed by atoms with E-state index in [9.17, 15) is 4.79 Å². The van der Waals surface area contributed by atoms with Crippen molar-refractivity contribution in [2.45, 2.75) is 39.7 Å². The minimum Gasteiger partial charge on any atom is -0.355 e. The number of aryl methyl sites for hydroxylation is 1. The lowest BCUT2D eigenvalue weighted by Gasteiger charge is -2.31. The van der Waals surface area contributed by atoms with Gasteiger partial charge in [-0.3, -0.25) is 9.69 Å². The number of aromatic nitrogens is 2. The van der Waals surface area contributed by atoms with Gasteiger partial charge in [0.05, 0.1) is 6.54 Å². The number of rotatable bonds is 6. The topological polar surface area (TPSA) is 50.2 Å². The second-order valence-electron chi connectivity index (χ2n) is 5.52. The maximum absolute atomic E-state index is 11.6. The maximum atomic E-state index is 11.6. The first-order chi connectivity index (χ1) is 9.72. The van der Waals surface area contributed by atoms with E-state index in [1.807, 2.05) is 13.1 Å². The maximum Gasteiger partial charge on any atom is 0.234 e. The van der Waals surface area contributed by atoms with Gasteiger partial charge in [-0.1, -0.05) is 6.92 Å². The number of nitrogens with zero attached hydrogens (tertiary/aromatic N) is 3. The van der Waals surface area contributed by atoms with E-state index in [4.69, 9.17) is 0 Å². The first-order valence-corrected chi connectivity index (χ1v) is 7.72. The van der Waals surface area contributed by atoms with Gasteiger partial charge in [0, 0.05) is 31.9 Å². The van der Waals surface area contributed by atoms with Crippen LogP contribution in [0.1, 0.15) is 32.5 Å². The summed E-state index contributed by atoms with van der Waals surface area (Å²) in [5.74, 6) is 2.03. The van der Waals surface area contributed by atoms with Crippen molar-refractivity contribution in [2.24, 2.45) is 5.92 Å². The summed E-state index contributed by atoms with van der Waals surface area (Å²) in [6.45, 7) is 8.49. The average Bonchev–Trinajstić information content (AvgIpc) is 2.88. The van der Waals surface area contributed by atoms with Crippen molar-refractivity contribution in [3.05, 3.63) is 18.2 Å². The number of imidazole rings is 1. The van der Waals surface area contributed by atoms with Gasteiger partial charge in [-0.2, -0.15) is 0 Å². The first-order valence-electron chi connectivity index (χ1n) is 7.72. The van der Waals surface area contributed by atoms with Gasteiger partial charge in [0.25, 0.3) is 0 Å². The van der Waals surface area contributed by atoms with Crippen molar-refractivity contribution in [1.82, 2.24) is 19.8 Å². The van der Waals surface area contributed by atoms with Crippen LogP contribution in [0.25, 0.3) is 0 Å². The van der Waals surface area contributed by atoms with E-state index < -0.39 is 0 Å². The van der Waals surface area contributed by atoms with Crippen LogP contribution in [0, 0.1) is 5.92 Å². The molecule has 0 saturated carbocycles. The molecule has 2 heterocycles. The quantitative estimate of drug-likeness (QED) is 0.853. The fourth-order valence-corrected chi connectivity index (χ4v) is 2.88. The minimum atomic E-state index is 0.147. The summed E-state index contributed by atoms with van der Waals surface area (Å²) < 4.78 is 2.28. The van der Waals surface area contributed by atoms with Crippen molar-refractivity contribution < 1.29 is 4.79 Å². The van der Waals surface area contributed by atoms with Gasteiger partial charge in [0.1, 0.15) is 5.82 Å². The molecule has 0 bridgehead atoms. The standard InChI is InChI=1S/C15H26N4O/c1-3-14-17-7-10-19(14)11-13-5-8-18(9-6-13)12-15(20)16-4-2/h7,10,13H,3-6,8-9,11-12H2,1-2H3,(H,16,20). The molecule has 5 heteroatoms. The number of carbonyl (C=O) groups is 1. The third-order valence-electron chi connectivity index (χ3n) is 4.02. The van der Waals surface area contributed by atoms with Crippen molar-refractivity contribution in [3.8, 4) is 0 Å². The van der Waals surface area contributed by atoms with Crippen LogP contribution < -0.4 is 5.32 Å². The van der Waals surface area contributed by atoms with Crippen molar-refractivity contribution in [1.29, 1.82) is 0 Å². The number of likely N-dealkylation sites (N-methyl/N-ethyl adjacent to an activating group) is 1. The number of carbonyl (C=O) groups excluding carboxylic acids is 1. The van der Waals surface area contributed by atoms with Gasteiger partial charge in [0.15, 0.2) is 0 Å². The van der Waals surface area contributed by atoms with Gasteiger partial charge < -0.3 is 9.88 Å². The molecule has 1 saturated heterocycles. The van der Waals surface area contributed by atoms with Crippen LogP contribution in [0.4, 0.5) is 0 Å². The van der Waals surface area contributed by atoms with E-state index in [1.54, 1.807) is 0 Å². The highest BCUT2D eigenvalue weighted by Gasteiger charge is 2.21. The molecule has 0 aliphatic carbocycles. The summed E-state index contributed by atoms with van der Waals surface area (Å²) in [7, 11) is 0. The molecule has 0 aromatic carbocycles. The number of nitrogens with one attached hydrogen (secondary N) is 1. The molecule has 0 radical (unpaired) electrons. The number of hydrogen-bond donors (Lipinski definition) is 1. The summed E-state index contributed by atoms with van der Waals surface area (Å²) in [6, 6.07) is 0. The van der Waals surface area contributed by atoms with Crippen LogP contribution in [0.2, 0.25) is 0 Å². The Labute approximate surface area is 121 Å². The van der Waals surface area contributed by atoms with Crippen LogP contribution in [0.15, 0.2) is 12.4 Å². The van der Waals surface area contributed by atoms with E-state index in [0.717, 1.165) is 32.6 Å². The molecule has 0 unspecified atom stereocenters. The molecular formula is C15H26N4O. The Morgan fingerprint density at radius 2 is 2.15 bits per heavy atom. The molecule has 1 amide bonds. The number of hydrogen-bond acceptors (Lipinski definition) is 3. The van der Waals surface area contributed by atoms with Gasteiger partial charge in [-0.15, -0.1) is 0 Å². The Kier molecular flexibility index (Phi) is 5.59. The smallest absolute Gasteiger partial charge is 0.234 e. The van der Waals surface area contributed by atoms with Gasteiger partial charge >= 0.3 is 0 Å². The monoisotopic (exact) mass is 278 g/mol. The average molecular weight is 278 g/mol. The van der Waals surface area contributed by atoms with Crippen LogP contribution in [-0.2, 0) is 17.8 Å². The van der Waals surface area contributed by atoms with Gasteiger partial charge in [-0.05, 0) is 38.8 Å². The number of piperidine rings is 1. The molecular weight excluding hydrogens is 252 g/mol. The van der Waals surface area contributed by atoms with Crippen molar-refractivity contribution in [3.63, 3.8) is 0 Å². The van der Waals surface area contributed by atoms with Crippen LogP contribution in [0.3, 0.4) is 0 Å². The molecule has 1 aliphatic rings. The zero-order valence-corrected chi connectivity index (χ0v) is 12.6. The van der Waals surface area contributed by atoms with E-state index >= 15 is 0 Å². The number of likely N-dealkylation sites (tertiary alicyclic amines) is 1. The highest BCUT2D eigenvalue weighted by atomic mass is 16.2. The molecule has 2 rings (SSSR count). The van der Waals surface area contributed by atoms with Gasteiger partial charge in [0.2, 0.25) is 5.91 Å². The lowest BCUT2D eigenvalue weighted by molar-refractivity contribution is -0.122. The molecule has 1 N–H and O–H groups in total. The Bertz CT molecular complexity index is 421. The molecule has 1 fully saturated rings. The molecule has 0 spiro atoms. The Morgan fingerprint density at radius 3 is 2.80 bits per heavy atom. The van der Waals surface area contributed by atoms with Crippen molar-refractivity contribution in [2.75, 3.05) is 26.2 Å². The minimum absolute atomic E-state index is 0.147. The van der Waals surface area contributed by atoms with Crippen molar-refractivity contribution >= 4 is 5.91 Å². The molecule has 0 atom stereocenters. The molecule has 5 nitrogen and oxygen atoms in total. The number of amides is 1. The van der Waals surface area contributed by atoms with Crippen LogP contribution in [-0.4, -0.2) is 46.5 Å². The van der Waals surface area contributed by atoms with E-state index in [1.165, 1.54) is 18.7 Å². The summed E-state index contributed by atoms with van der Waals surface area (Å²) in [5, 5.41) is 2.86. The Morgan fingerprint density at radius 1 is 1.40 bits per heavy atom. The normalized spacial score (nSPS) is 17.3. The summed E-state index contributed by atoms with van der Waals surface area (Å²) in [6.07, 6.45) is 7.30. The molecule has 1 aromatic rings. The van der Waals surface area contributed by atoms with Crippen LogP contribution in [0.5, 0.6) is 0 Å². The highest BCUT2D eigenvalue weighted by molar-refractivity contribution is 5.77. The predicted molar refractivity (Wildman–Crippen MR) is 79.5 cm³/mol. The second-order valence-corrected chi connectivity index (χ2v) is 5.52. The van der Waals surface area contributed by atoms with E-state index in [2.05, 4.69) is 32.9 Å². The molecule has 1 aliphatic heterocycles.